The number of hydrogen-bond acceptors (Lipinski definition) is 3. The molecule has 0 spiro atoms. The molecule has 44 heavy (non-hydrogen) atoms. The summed E-state index contributed by atoms with van der Waals surface area (Å²) < 4.78 is 6.30. The van der Waals surface area contributed by atoms with Crippen molar-refractivity contribution < 1.29 is 4.42 Å². The van der Waals surface area contributed by atoms with E-state index in [1.54, 1.807) is 4.80 Å². The van der Waals surface area contributed by atoms with Crippen LogP contribution < -0.4 is 0 Å². The molecule has 9 aromatic rings. The molecule has 0 saturated carbocycles. The standard InChI is InChI=1S/C40H25N3O/c1-3-12-26(13-4-1)37-29(19-10-20-30(37)32-21-11-23-36-39(32)33-17-7-8-22-35(33)44-36)31-18-9-14-27-24-25-34-40(38(27)31)42-43(41-34)28-15-5-2-6-16-28/h1-25H. The molecule has 4 nitrogen and oxygen atoms in total. The SMILES string of the molecule is c1ccc(-c2c(-c3cccc4oc5ccccc5c34)cccc2-c2cccc3ccc4nn(-c5ccccc5)nc4c23)cc1. The highest BCUT2D eigenvalue weighted by Gasteiger charge is 2.21. The van der Waals surface area contributed by atoms with Crippen molar-refractivity contribution >= 4 is 43.7 Å². The van der Waals surface area contributed by atoms with Gasteiger partial charge in [-0.2, -0.15) is 4.80 Å². The van der Waals surface area contributed by atoms with E-state index in [2.05, 4.69) is 109 Å². The number of para-hydroxylation sites is 2. The van der Waals surface area contributed by atoms with Gasteiger partial charge in [0, 0.05) is 16.2 Å². The summed E-state index contributed by atoms with van der Waals surface area (Å²) in [5, 5.41) is 14.4. The van der Waals surface area contributed by atoms with Gasteiger partial charge in [-0.1, -0.05) is 121 Å². The zero-order chi connectivity index (χ0) is 29.0. The first-order chi connectivity index (χ1) is 21.8. The van der Waals surface area contributed by atoms with Crippen LogP contribution in [0.25, 0.3) is 82.8 Å². The van der Waals surface area contributed by atoms with E-state index in [0.717, 1.165) is 77.2 Å². The lowest BCUT2D eigenvalue weighted by Gasteiger charge is -2.18. The van der Waals surface area contributed by atoms with Gasteiger partial charge in [0.25, 0.3) is 0 Å². The van der Waals surface area contributed by atoms with Crippen molar-refractivity contribution in [2.75, 3.05) is 0 Å². The molecule has 0 aliphatic heterocycles. The number of fused-ring (bicyclic) bond motifs is 6. The highest BCUT2D eigenvalue weighted by Crippen LogP contribution is 2.46. The van der Waals surface area contributed by atoms with Crippen molar-refractivity contribution in [2.24, 2.45) is 0 Å². The van der Waals surface area contributed by atoms with Crippen LogP contribution in [0.15, 0.2) is 156 Å². The molecule has 9 rings (SSSR count). The molecular formula is C40H25N3O. The lowest BCUT2D eigenvalue weighted by atomic mass is 9.85. The van der Waals surface area contributed by atoms with E-state index in [-0.39, 0.29) is 0 Å². The van der Waals surface area contributed by atoms with E-state index in [1.807, 2.05) is 42.5 Å². The summed E-state index contributed by atoms with van der Waals surface area (Å²) in [5.41, 5.74) is 11.4. The van der Waals surface area contributed by atoms with Gasteiger partial charge in [-0.3, -0.25) is 0 Å². The Morgan fingerprint density at radius 2 is 1.09 bits per heavy atom. The molecule has 0 fully saturated rings. The summed E-state index contributed by atoms with van der Waals surface area (Å²) in [6.07, 6.45) is 0. The van der Waals surface area contributed by atoms with Crippen molar-refractivity contribution in [1.82, 2.24) is 15.0 Å². The van der Waals surface area contributed by atoms with Gasteiger partial charge in [0.1, 0.15) is 22.2 Å². The van der Waals surface area contributed by atoms with Crippen LogP contribution in [0.4, 0.5) is 0 Å². The highest BCUT2D eigenvalue weighted by molar-refractivity contribution is 6.17. The molecule has 0 atom stereocenters. The molecule has 0 amide bonds. The second kappa shape index (κ2) is 9.79. The average Bonchev–Trinajstić information content (AvgIpc) is 3.71. The first-order valence-corrected chi connectivity index (χ1v) is 14.8. The van der Waals surface area contributed by atoms with Gasteiger partial charge in [-0.15, -0.1) is 10.2 Å². The molecule has 0 N–H and O–H groups in total. The number of furan rings is 1. The second-order valence-electron chi connectivity index (χ2n) is 11.0. The van der Waals surface area contributed by atoms with E-state index >= 15 is 0 Å². The smallest absolute Gasteiger partial charge is 0.136 e. The average molecular weight is 564 g/mol. The zero-order valence-corrected chi connectivity index (χ0v) is 23.7. The summed E-state index contributed by atoms with van der Waals surface area (Å²) in [7, 11) is 0. The predicted octanol–water partition coefficient (Wildman–Crippen LogP) is 10.5. The Morgan fingerprint density at radius 3 is 1.91 bits per heavy atom. The van der Waals surface area contributed by atoms with E-state index < -0.39 is 0 Å². The van der Waals surface area contributed by atoms with E-state index in [0.29, 0.717) is 0 Å². The van der Waals surface area contributed by atoms with Gasteiger partial charge in [0.15, 0.2) is 0 Å². The second-order valence-corrected chi connectivity index (χ2v) is 11.0. The number of nitrogens with zero attached hydrogens (tertiary/aromatic N) is 3. The normalized spacial score (nSPS) is 11.6. The van der Waals surface area contributed by atoms with Crippen LogP contribution in [-0.2, 0) is 0 Å². The molecule has 0 bridgehead atoms. The maximum absolute atomic E-state index is 6.30. The predicted molar refractivity (Wildman–Crippen MR) is 180 cm³/mol. The number of hydrogen-bond donors (Lipinski definition) is 0. The van der Waals surface area contributed by atoms with Crippen LogP contribution in [0, 0.1) is 0 Å². The van der Waals surface area contributed by atoms with E-state index in [1.165, 1.54) is 5.56 Å². The summed E-state index contributed by atoms with van der Waals surface area (Å²) in [5.74, 6) is 0. The van der Waals surface area contributed by atoms with Crippen LogP contribution in [-0.4, -0.2) is 15.0 Å². The summed E-state index contributed by atoms with van der Waals surface area (Å²) in [6.45, 7) is 0. The quantitative estimate of drug-likeness (QED) is 0.214. The highest BCUT2D eigenvalue weighted by atomic mass is 16.3. The third-order valence-electron chi connectivity index (χ3n) is 8.49. The number of aromatic nitrogens is 3. The fraction of sp³-hybridized carbons (Fsp3) is 0. The first kappa shape index (κ1) is 24.6. The maximum atomic E-state index is 6.30. The minimum absolute atomic E-state index is 0.862. The van der Waals surface area contributed by atoms with Gasteiger partial charge in [0.05, 0.1) is 5.69 Å². The minimum atomic E-state index is 0.862. The Bertz CT molecular complexity index is 2490. The van der Waals surface area contributed by atoms with Crippen molar-refractivity contribution in [2.45, 2.75) is 0 Å². The van der Waals surface area contributed by atoms with Crippen molar-refractivity contribution in [1.29, 1.82) is 0 Å². The topological polar surface area (TPSA) is 43.9 Å². The Kier molecular flexibility index (Phi) is 5.47. The van der Waals surface area contributed by atoms with Crippen molar-refractivity contribution in [3.05, 3.63) is 152 Å². The molecular weight excluding hydrogens is 538 g/mol. The molecule has 0 radical (unpaired) electrons. The Balaban J connectivity index is 1.37. The third-order valence-corrected chi connectivity index (χ3v) is 8.49. The van der Waals surface area contributed by atoms with Crippen LogP contribution in [0.1, 0.15) is 0 Å². The third kappa shape index (κ3) is 3.78. The monoisotopic (exact) mass is 563 g/mol. The van der Waals surface area contributed by atoms with E-state index in [9.17, 15) is 0 Å². The van der Waals surface area contributed by atoms with Crippen LogP contribution in [0.5, 0.6) is 0 Å². The lowest BCUT2D eigenvalue weighted by Crippen LogP contribution is -1.97. The van der Waals surface area contributed by atoms with E-state index in [4.69, 9.17) is 14.6 Å². The van der Waals surface area contributed by atoms with Crippen molar-refractivity contribution in [3.8, 4) is 39.1 Å². The first-order valence-electron chi connectivity index (χ1n) is 14.8. The van der Waals surface area contributed by atoms with Gasteiger partial charge in [-0.25, -0.2) is 0 Å². The Morgan fingerprint density at radius 1 is 0.455 bits per heavy atom. The fourth-order valence-electron chi connectivity index (χ4n) is 6.57. The molecule has 2 heterocycles. The number of rotatable bonds is 4. The molecule has 7 aromatic carbocycles. The Hall–Kier alpha value is -6.00. The molecule has 0 unspecified atom stereocenters. The molecule has 4 heteroatoms. The minimum Gasteiger partial charge on any atom is -0.456 e. The number of benzene rings is 7. The van der Waals surface area contributed by atoms with Crippen LogP contribution >= 0.6 is 0 Å². The van der Waals surface area contributed by atoms with Gasteiger partial charge >= 0.3 is 0 Å². The lowest BCUT2D eigenvalue weighted by molar-refractivity contribution is 0.669. The van der Waals surface area contributed by atoms with Gasteiger partial charge in [0.2, 0.25) is 0 Å². The van der Waals surface area contributed by atoms with Crippen molar-refractivity contribution in [3.63, 3.8) is 0 Å². The van der Waals surface area contributed by atoms with Crippen LogP contribution in [0.3, 0.4) is 0 Å². The summed E-state index contributed by atoms with van der Waals surface area (Å²) in [6, 6.07) is 52.7. The van der Waals surface area contributed by atoms with Crippen LogP contribution in [0.2, 0.25) is 0 Å². The summed E-state index contributed by atoms with van der Waals surface area (Å²) in [4.78, 5) is 1.74. The maximum Gasteiger partial charge on any atom is 0.136 e. The molecule has 0 aliphatic rings. The molecule has 0 aliphatic carbocycles. The zero-order valence-electron chi connectivity index (χ0n) is 23.7. The largest absolute Gasteiger partial charge is 0.456 e. The molecule has 206 valence electrons. The Labute approximate surface area is 253 Å². The van der Waals surface area contributed by atoms with Gasteiger partial charge < -0.3 is 4.42 Å². The summed E-state index contributed by atoms with van der Waals surface area (Å²) >= 11 is 0. The molecule has 2 aromatic heterocycles. The fourth-order valence-corrected chi connectivity index (χ4v) is 6.57. The van der Waals surface area contributed by atoms with Gasteiger partial charge in [-0.05, 0) is 69.1 Å². The molecule has 0 saturated heterocycles.